The van der Waals surface area contributed by atoms with Gasteiger partial charge in [0, 0.05) is 39.8 Å². The van der Waals surface area contributed by atoms with Gasteiger partial charge in [-0.2, -0.15) is 12.7 Å². The van der Waals surface area contributed by atoms with Crippen molar-refractivity contribution in [2.24, 2.45) is 0 Å². The topological polar surface area (TPSA) is 69.7 Å². The Morgan fingerprint density at radius 3 is 2.22 bits per heavy atom. The molecule has 23 heavy (non-hydrogen) atoms. The molecule has 6 nitrogen and oxygen atoms in total. The van der Waals surface area contributed by atoms with Crippen LogP contribution in [-0.4, -0.2) is 45.8 Å². The van der Waals surface area contributed by atoms with Crippen LogP contribution in [0, 0.1) is 0 Å². The lowest BCUT2D eigenvalue weighted by atomic mass is 9.85. The van der Waals surface area contributed by atoms with Crippen molar-refractivity contribution in [2.75, 3.05) is 32.1 Å². The lowest BCUT2D eigenvalue weighted by Crippen LogP contribution is -2.42. The van der Waals surface area contributed by atoms with Crippen LogP contribution in [0.15, 0.2) is 24.3 Å². The van der Waals surface area contributed by atoms with Crippen LogP contribution in [0.2, 0.25) is 0 Å². The fourth-order valence-electron chi connectivity index (χ4n) is 2.21. The van der Waals surface area contributed by atoms with Crippen molar-refractivity contribution >= 4 is 21.8 Å². The summed E-state index contributed by atoms with van der Waals surface area (Å²) in [5.41, 5.74) is 1.75. The second-order valence-electron chi connectivity index (χ2n) is 6.62. The van der Waals surface area contributed by atoms with Crippen LogP contribution < -0.4 is 9.62 Å². The summed E-state index contributed by atoms with van der Waals surface area (Å²) in [5, 5.41) is 0. The standard InChI is InChI=1S/C16H27N3O3S/c1-13(20)19(12-11-17-23(21,22)18(5)6)15-10-8-7-9-14(15)16(2,3)4/h7-10,17H,11-12H2,1-6H3. The molecule has 0 fully saturated rings. The van der Waals surface area contributed by atoms with E-state index in [-0.39, 0.29) is 24.4 Å². The molecule has 1 rings (SSSR count). The molecule has 0 heterocycles. The molecule has 0 atom stereocenters. The van der Waals surface area contributed by atoms with Gasteiger partial charge in [0.2, 0.25) is 5.91 Å². The van der Waals surface area contributed by atoms with Crippen molar-refractivity contribution in [3.63, 3.8) is 0 Å². The first-order valence-electron chi connectivity index (χ1n) is 7.51. The normalized spacial score (nSPS) is 12.5. The van der Waals surface area contributed by atoms with Crippen molar-refractivity contribution < 1.29 is 13.2 Å². The molecule has 0 aliphatic carbocycles. The average molecular weight is 341 g/mol. The van der Waals surface area contributed by atoms with E-state index in [1.807, 2.05) is 24.3 Å². The molecule has 0 saturated heterocycles. The van der Waals surface area contributed by atoms with E-state index in [9.17, 15) is 13.2 Å². The quantitative estimate of drug-likeness (QED) is 0.857. The van der Waals surface area contributed by atoms with Crippen LogP contribution in [0.3, 0.4) is 0 Å². The third-order valence-corrected chi connectivity index (χ3v) is 5.01. The first-order valence-corrected chi connectivity index (χ1v) is 8.95. The first-order chi connectivity index (χ1) is 10.5. The van der Waals surface area contributed by atoms with Crippen LogP contribution in [0.25, 0.3) is 0 Å². The number of para-hydroxylation sites is 1. The van der Waals surface area contributed by atoms with Crippen LogP contribution in [-0.2, 0) is 20.4 Å². The number of carbonyl (C=O) groups is 1. The lowest BCUT2D eigenvalue weighted by molar-refractivity contribution is -0.116. The summed E-state index contributed by atoms with van der Waals surface area (Å²) < 4.78 is 27.1. The Balaban J connectivity index is 3.00. The molecule has 130 valence electrons. The van der Waals surface area contributed by atoms with Crippen molar-refractivity contribution in [3.8, 4) is 0 Å². The number of amides is 1. The number of benzene rings is 1. The monoisotopic (exact) mass is 341 g/mol. The van der Waals surface area contributed by atoms with Gasteiger partial charge in [0.05, 0.1) is 0 Å². The fraction of sp³-hybridized carbons (Fsp3) is 0.562. The molecule has 0 radical (unpaired) electrons. The van der Waals surface area contributed by atoms with E-state index in [4.69, 9.17) is 0 Å². The highest BCUT2D eigenvalue weighted by Gasteiger charge is 2.23. The zero-order valence-electron chi connectivity index (χ0n) is 14.8. The molecule has 0 aliphatic rings. The van der Waals surface area contributed by atoms with Crippen LogP contribution in [0.5, 0.6) is 0 Å². The molecular formula is C16H27N3O3S. The van der Waals surface area contributed by atoms with E-state index in [1.54, 1.807) is 4.90 Å². The van der Waals surface area contributed by atoms with Gasteiger partial charge in [-0.15, -0.1) is 0 Å². The van der Waals surface area contributed by atoms with Crippen molar-refractivity contribution in [1.29, 1.82) is 0 Å². The zero-order valence-corrected chi connectivity index (χ0v) is 15.6. The highest BCUT2D eigenvalue weighted by Crippen LogP contribution is 2.31. The molecule has 0 unspecified atom stereocenters. The van der Waals surface area contributed by atoms with Gasteiger partial charge < -0.3 is 4.90 Å². The van der Waals surface area contributed by atoms with Gasteiger partial charge in [-0.25, -0.2) is 4.72 Å². The van der Waals surface area contributed by atoms with E-state index in [1.165, 1.54) is 21.0 Å². The van der Waals surface area contributed by atoms with E-state index < -0.39 is 10.2 Å². The number of anilines is 1. The summed E-state index contributed by atoms with van der Waals surface area (Å²) in [6.07, 6.45) is 0. The van der Waals surface area contributed by atoms with E-state index in [2.05, 4.69) is 25.5 Å². The number of nitrogens with one attached hydrogen (secondary N) is 1. The van der Waals surface area contributed by atoms with Gasteiger partial charge in [0.1, 0.15) is 0 Å². The van der Waals surface area contributed by atoms with Crippen molar-refractivity contribution in [1.82, 2.24) is 9.03 Å². The predicted molar refractivity (Wildman–Crippen MR) is 93.8 cm³/mol. The number of nitrogens with zero attached hydrogens (tertiary/aromatic N) is 2. The third-order valence-electron chi connectivity index (χ3n) is 3.48. The Hall–Kier alpha value is -1.44. The Kier molecular flexibility index (Phi) is 6.33. The summed E-state index contributed by atoms with van der Waals surface area (Å²) in [6.45, 7) is 8.16. The Morgan fingerprint density at radius 2 is 1.74 bits per heavy atom. The maximum Gasteiger partial charge on any atom is 0.278 e. The number of hydrogen-bond donors (Lipinski definition) is 1. The summed E-state index contributed by atoms with van der Waals surface area (Å²) in [7, 11) is -0.578. The molecule has 1 N–H and O–H groups in total. The highest BCUT2D eigenvalue weighted by atomic mass is 32.2. The van der Waals surface area contributed by atoms with Gasteiger partial charge in [0.25, 0.3) is 10.2 Å². The third kappa shape index (κ3) is 5.30. The van der Waals surface area contributed by atoms with Crippen molar-refractivity contribution in [2.45, 2.75) is 33.1 Å². The fourth-order valence-corrected chi connectivity index (χ4v) is 2.81. The predicted octanol–water partition coefficient (Wildman–Crippen LogP) is 1.73. The number of carbonyl (C=O) groups excluding carboxylic acids is 1. The van der Waals surface area contributed by atoms with Crippen LogP contribution in [0.1, 0.15) is 33.3 Å². The Labute approximate surface area is 139 Å². The average Bonchev–Trinajstić information content (AvgIpc) is 2.42. The SMILES string of the molecule is CC(=O)N(CCNS(=O)(=O)N(C)C)c1ccccc1C(C)(C)C. The molecule has 1 aromatic carbocycles. The maximum absolute atomic E-state index is 12.1. The first kappa shape index (κ1) is 19.6. The van der Waals surface area contributed by atoms with Crippen LogP contribution in [0.4, 0.5) is 5.69 Å². The summed E-state index contributed by atoms with van der Waals surface area (Å²) in [4.78, 5) is 13.7. The summed E-state index contributed by atoms with van der Waals surface area (Å²) in [5.74, 6) is -0.120. The van der Waals surface area contributed by atoms with Crippen molar-refractivity contribution in [3.05, 3.63) is 29.8 Å². The second kappa shape index (κ2) is 7.42. The maximum atomic E-state index is 12.1. The zero-order chi connectivity index (χ0) is 17.8. The number of rotatable bonds is 6. The Bertz CT molecular complexity index is 649. The summed E-state index contributed by atoms with van der Waals surface area (Å²) >= 11 is 0. The van der Waals surface area contributed by atoms with E-state index in [0.29, 0.717) is 0 Å². The highest BCUT2D eigenvalue weighted by molar-refractivity contribution is 7.87. The molecule has 1 aromatic rings. The van der Waals surface area contributed by atoms with E-state index in [0.717, 1.165) is 15.6 Å². The second-order valence-corrected chi connectivity index (χ2v) is 8.59. The van der Waals surface area contributed by atoms with Gasteiger partial charge in [-0.3, -0.25) is 4.79 Å². The smallest absolute Gasteiger partial charge is 0.278 e. The minimum absolute atomic E-state index is 0.118. The lowest BCUT2D eigenvalue weighted by Gasteiger charge is -2.29. The number of hydrogen-bond acceptors (Lipinski definition) is 3. The van der Waals surface area contributed by atoms with Gasteiger partial charge in [0.15, 0.2) is 0 Å². The molecule has 0 saturated carbocycles. The molecule has 0 aromatic heterocycles. The van der Waals surface area contributed by atoms with Gasteiger partial charge >= 0.3 is 0 Å². The minimum atomic E-state index is -3.49. The largest absolute Gasteiger partial charge is 0.311 e. The molecule has 0 bridgehead atoms. The van der Waals surface area contributed by atoms with Gasteiger partial charge in [-0.1, -0.05) is 39.0 Å². The van der Waals surface area contributed by atoms with Gasteiger partial charge in [-0.05, 0) is 17.0 Å². The molecule has 7 heteroatoms. The Morgan fingerprint density at radius 1 is 1.17 bits per heavy atom. The summed E-state index contributed by atoms with van der Waals surface area (Å²) in [6, 6.07) is 7.71. The van der Waals surface area contributed by atoms with Crippen LogP contribution >= 0.6 is 0 Å². The van der Waals surface area contributed by atoms with E-state index >= 15 is 0 Å². The minimum Gasteiger partial charge on any atom is -0.311 e. The molecular weight excluding hydrogens is 314 g/mol. The molecule has 1 amide bonds. The molecule has 0 spiro atoms. The molecule has 0 aliphatic heterocycles.